The SMILES string of the molecule is Cc1ccc(-c2cnn3c(=O)n(Cc4ccc(C(F)(F)F)nc4)nc3c2-c2ccc(C#N)cc2)cc1. The molecular formula is C26H17F3N6O. The van der Waals surface area contributed by atoms with E-state index in [4.69, 9.17) is 0 Å². The number of aryl methyl sites for hydroxylation is 1. The largest absolute Gasteiger partial charge is 0.433 e. The lowest BCUT2D eigenvalue weighted by Gasteiger charge is -2.11. The van der Waals surface area contributed by atoms with Gasteiger partial charge in [0, 0.05) is 17.3 Å². The first-order chi connectivity index (χ1) is 17.2. The average molecular weight is 486 g/mol. The molecule has 0 bridgehead atoms. The van der Waals surface area contributed by atoms with Crippen molar-refractivity contribution in [2.24, 2.45) is 0 Å². The lowest BCUT2D eigenvalue weighted by atomic mass is 9.96. The third kappa shape index (κ3) is 4.22. The van der Waals surface area contributed by atoms with E-state index in [1.54, 1.807) is 30.5 Å². The highest BCUT2D eigenvalue weighted by Crippen LogP contribution is 2.34. The number of hydrogen-bond acceptors (Lipinski definition) is 5. The summed E-state index contributed by atoms with van der Waals surface area (Å²) in [6, 6.07) is 18.9. The van der Waals surface area contributed by atoms with Gasteiger partial charge in [-0.05, 0) is 41.8 Å². The monoisotopic (exact) mass is 486 g/mol. The molecule has 0 saturated carbocycles. The van der Waals surface area contributed by atoms with E-state index in [1.165, 1.54) is 6.07 Å². The highest BCUT2D eigenvalue weighted by molar-refractivity contribution is 5.91. The van der Waals surface area contributed by atoms with Gasteiger partial charge in [0.15, 0.2) is 5.65 Å². The number of nitriles is 1. The summed E-state index contributed by atoms with van der Waals surface area (Å²) in [6.45, 7) is 1.89. The zero-order valence-electron chi connectivity index (χ0n) is 18.9. The molecule has 0 unspecified atom stereocenters. The van der Waals surface area contributed by atoms with Crippen LogP contribution in [0.25, 0.3) is 27.9 Å². The van der Waals surface area contributed by atoms with E-state index in [0.29, 0.717) is 16.7 Å². The molecule has 0 radical (unpaired) electrons. The van der Waals surface area contributed by atoms with Crippen LogP contribution in [-0.4, -0.2) is 24.4 Å². The number of nitrogens with zero attached hydrogens (tertiary/aromatic N) is 6. The second-order valence-corrected chi connectivity index (χ2v) is 8.21. The number of aromatic nitrogens is 5. The van der Waals surface area contributed by atoms with Crippen LogP contribution in [0.4, 0.5) is 13.2 Å². The summed E-state index contributed by atoms with van der Waals surface area (Å²) in [5, 5.41) is 18.0. The van der Waals surface area contributed by atoms with Crippen LogP contribution in [0.2, 0.25) is 0 Å². The fourth-order valence-electron chi connectivity index (χ4n) is 3.87. The van der Waals surface area contributed by atoms with Gasteiger partial charge in [-0.25, -0.2) is 9.48 Å². The summed E-state index contributed by atoms with van der Waals surface area (Å²) in [4.78, 5) is 16.5. The lowest BCUT2D eigenvalue weighted by Crippen LogP contribution is -2.23. The van der Waals surface area contributed by atoms with Gasteiger partial charge in [0.05, 0.1) is 24.4 Å². The minimum absolute atomic E-state index is 0.0833. The molecule has 7 nitrogen and oxygen atoms in total. The van der Waals surface area contributed by atoms with Crippen molar-refractivity contribution >= 4 is 5.65 Å². The van der Waals surface area contributed by atoms with Gasteiger partial charge < -0.3 is 0 Å². The van der Waals surface area contributed by atoms with Crippen LogP contribution < -0.4 is 5.69 Å². The molecule has 0 spiro atoms. The highest BCUT2D eigenvalue weighted by atomic mass is 19.4. The highest BCUT2D eigenvalue weighted by Gasteiger charge is 2.32. The number of pyridine rings is 1. The van der Waals surface area contributed by atoms with Crippen molar-refractivity contribution in [2.75, 3.05) is 0 Å². The van der Waals surface area contributed by atoms with E-state index in [0.717, 1.165) is 43.7 Å². The first-order valence-corrected chi connectivity index (χ1v) is 10.8. The zero-order valence-corrected chi connectivity index (χ0v) is 18.9. The summed E-state index contributed by atoms with van der Waals surface area (Å²) >= 11 is 0. The molecule has 178 valence electrons. The van der Waals surface area contributed by atoms with Gasteiger partial charge in [-0.2, -0.15) is 28.0 Å². The van der Waals surface area contributed by atoms with Crippen molar-refractivity contribution < 1.29 is 13.2 Å². The van der Waals surface area contributed by atoms with Gasteiger partial charge in [0.1, 0.15) is 5.69 Å². The van der Waals surface area contributed by atoms with Gasteiger partial charge >= 0.3 is 11.9 Å². The van der Waals surface area contributed by atoms with E-state index in [-0.39, 0.29) is 12.2 Å². The molecule has 5 rings (SSSR count). The first kappa shape index (κ1) is 23.0. The maximum atomic E-state index is 13.1. The predicted octanol–water partition coefficient (Wildman–Crippen LogP) is 4.87. The fourth-order valence-corrected chi connectivity index (χ4v) is 3.87. The van der Waals surface area contributed by atoms with Gasteiger partial charge in [-0.15, -0.1) is 5.10 Å². The van der Waals surface area contributed by atoms with Gasteiger partial charge in [-0.1, -0.05) is 48.0 Å². The molecule has 0 N–H and O–H groups in total. The van der Waals surface area contributed by atoms with Crippen LogP contribution in [0.1, 0.15) is 22.4 Å². The number of hydrogen-bond donors (Lipinski definition) is 0. The van der Waals surface area contributed by atoms with Crippen molar-refractivity contribution in [3.05, 3.63) is 106 Å². The zero-order chi connectivity index (χ0) is 25.4. The first-order valence-electron chi connectivity index (χ1n) is 10.8. The molecule has 0 amide bonds. The minimum Gasteiger partial charge on any atom is -0.251 e. The normalized spacial score (nSPS) is 11.5. The lowest BCUT2D eigenvalue weighted by molar-refractivity contribution is -0.141. The van der Waals surface area contributed by atoms with Gasteiger partial charge in [0.25, 0.3) is 0 Å². The standard InChI is InChI=1S/C26H17F3N6O/c1-16-2-7-19(8-3-16)21-14-32-35-24(23(21)20-9-4-17(12-30)5-10-20)33-34(25(35)36)15-18-6-11-22(31-13-18)26(27,28)29/h2-11,13-14H,15H2,1H3. The molecule has 0 aliphatic heterocycles. The number of rotatable bonds is 4. The van der Waals surface area contributed by atoms with E-state index >= 15 is 0 Å². The number of halogens is 3. The van der Waals surface area contributed by atoms with Gasteiger partial charge in [-0.3, -0.25) is 4.98 Å². The van der Waals surface area contributed by atoms with Crippen LogP contribution in [0, 0.1) is 18.3 Å². The number of fused-ring (bicyclic) bond motifs is 1. The van der Waals surface area contributed by atoms with E-state index < -0.39 is 17.6 Å². The second-order valence-electron chi connectivity index (χ2n) is 8.21. The summed E-state index contributed by atoms with van der Waals surface area (Å²) in [5.74, 6) is 0. The van der Waals surface area contributed by atoms with Crippen LogP contribution >= 0.6 is 0 Å². The third-order valence-electron chi connectivity index (χ3n) is 5.73. The Kier molecular flexibility index (Phi) is 5.60. The van der Waals surface area contributed by atoms with E-state index in [9.17, 15) is 23.2 Å². The molecule has 3 aromatic heterocycles. The second kappa shape index (κ2) is 8.78. The molecule has 2 aromatic carbocycles. The van der Waals surface area contributed by atoms with Crippen molar-refractivity contribution in [1.82, 2.24) is 24.4 Å². The Hall–Kier alpha value is -4.78. The predicted molar refractivity (Wildman–Crippen MR) is 126 cm³/mol. The maximum Gasteiger partial charge on any atom is 0.433 e. The molecule has 0 atom stereocenters. The number of alkyl halides is 3. The Balaban J connectivity index is 1.66. The van der Waals surface area contributed by atoms with Crippen molar-refractivity contribution in [2.45, 2.75) is 19.6 Å². The van der Waals surface area contributed by atoms with Crippen molar-refractivity contribution in [3.63, 3.8) is 0 Å². The van der Waals surface area contributed by atoms with Crippen molar-refractivity contribution in [1.29, 1.82) is 5.26 Å². The van der Waals surface area contributed by atoms with Crippen LogP contribution in [-0.2, 0) is 12.7 Å². The van der Waals surface area contributed by atoms with E-state index in [1.807, 2.05) is 31.2 Å². The number of benzene rings is 2. The molecule has 10 heteroatoms. The third-order valence-corrected chi connectivity index (χ3v) is 5.73. The Labute approximate surface area is 202 Å². The molecule has 36 heavy (non-hydrogen) atoms. The Bertz CT molecular complexity index is 1660. The van der Waals surface area contributed by atoms with Crippen LogP contribution in [0.3, 0.4) is 0 Å². The smallest absolute Gasteiger partial charge is 0.251 e. The fraction of sp³-hybridized carbons (Fsp3) is 0.115. The Morgan fingerprint density at radius 1 is 0.944 bits per heavy atom. The molecule has 0 aliphatic carbocycles. The minimum atomic E-state index is -4.55. The Morgan fingerprint density at radius 2 is 1.64 bits per heavy atom. The quantitative estimate of drug-likeness (QED) is 0.362. The summed E-state index contributed by atoms with van der Waals surface area (Å²) in [7, 11) is 0. The molecule has 0 saturated heterocycles. The van der Waals surface area contributed by atoms with Crippen LogP contribution in [0.5, 0.6) is 0 Å². The summed E-state index contributed by atoms with van der Waals surface area (Å²) < 4.78 is 40.8. The van der Waals surface area contributed by atoms with Crippen molar-refractivity contribution in [3.8, 4) is 28.3 Å². The molecule has 0 aliphatic rings. The molecule has 3 heterocycles. The topological polar surface area (TPSA) is 88.9 Å². The van der Waals surface area contributed by atoms with E-state index in [2.05, 4.69) is 21.3 Å². The van der Waals surface area contributed by atoms with Crippen LogP contribution in [0.15, 0.2) is 77.9 Å². The molecule has 0 fully saturated rings. The Morgan fingerprint density at radius 3 is 2.25 bits per heavy atom. The van der Waals surface area contributed by atoms with Gasteiger partial charge in [0.2, 0.25) is 0 Å². The molecule has 5 aromatic rings. The summed E-state index contributed by atoms with van der Waals surface area (Å²) in [5.41, 5.74) is 3.64. The molecular weight excluding hydrogens is 469 g/mol. The maximum absolute atomic E-state index is 13.1. The summed E-state index contributed by atoms with van der Waals surface area (Å²) in [6.07, 6.45) is -1.89. The average Bonchev–Trinajstić information content (AvgIpc) is 3.19.